The smallest absolute Gasteiger partial charge is 0.440 e. The highest BCUT2D eigenvalue weighted by molar-refractivity contribution is 6.62. The molecule has 0 radical (unpaired) electrons. The number of oxime groups is 1. The van der Waals surface area contributed by atoms with E-state index >= 15 is 0 Å². The van der Waals surface area contributed by atoms with Crippen LogP contribution < -0.4 is 21.1 Å². The number of hydrogen-bond donors (Lipinski definition) is 2. The van der Waals surface area contributed by atoms with Gasteiger partial charge in [-0.05, 0) is 80.0 Å². The average molecular weight is 584 g/mol. The highest BCUT2D eigenvalue weighted by Crippen LogP contribution is 2.39. The van der Waals surface area contributed by atoms with E-state index in [0.717, 1.165) is 59.4 Å². The van der Waals surface area contributed by atoms with E-state index in [-0.39, 0.29) is 16.9 Å². The number of anilines is 2. The van der Waals surface area contributed by atoms with Gasteiger partial charge in [0.25, 0.3) is 0 Å². The van der Waals surface area contributed by atoms with Gasteiger partial charge in [-0.2, -0.15) is 0 Å². The Balaban J connectivity index is 1.40. The third-order valence-corrected chi connectivity index (χ3v) is 8.93. The fourth-order valence-corrected chi connectivity index (χ4v) is 6.30. The van der Waals surface area contributed by atoms with E-state index in [1.54, 1.807) is 6.21 Å². The van der Waals surface area contributed by atoms with Crippen LogP contribution in [-0.4, -0.2) is 31.4 Å². The molecule has 2 aliphatic heterocycles. The van der Waals surface area contributed by atoms with Gasteiger partial charge in [-0.15, -0.1) is 5.16 Å². The summed E-state index contributed by atoms with van der Waals surface area (Å²) in [5, 5.41) is 18.8. The molecule has 0 aliphatic carbocycles. The Morgan fingerprint density at radius 3 is 2.64 bits per heavy atom. The van der Waals surface area contributed by atoms with Crippen molar-refractivity contribution in [1.82, 2.24) is 0 Å². The quantitative estimate of drug-likeness (QED) is 0.258. The minimum atomic E-state index is -1.10. The molecular formula is C33H35BClN3O4. The van der Waals surface area contributed by atoms with Gasteiger partial charge in [-0.25, -0.2) is 0 Å². The molecule has 216 valence electrons. The Morgan fingerprint density at radius 1 is 1.12 bits per heavy atom. The highest BCUT2D eigenvalue weighted by Gasteiger charge is 2.29. The van der Waals surface area contributed by atoms with Gasteiger partial charge in [0.05, 0.1) is 28.2 Å². The topological polar surface area (TPSA) is 87.3 Å². The number of rotatable bonds is 5. The van der Waals surface area contributed by atoms with Crippen molar-refractivity contribution in [3.8, 4) is 11.1 Å². The normalized spacial score (nSPS) is 16.7. The predicted molar refractivity (Wildman–Crippen MR) is 172 cm³/mol. The molecule has 1 unspecified atom stereocenters. The summed E-state index contributed by atoms with van der Waals surface area (Å²) in [5.74, 6) is 0.672. The van der Waals surface area contributed by atoms with Crippen LogP contribution in [0.15, 0.2) is 62.9 Å². The van der Waals surface area contributed by atoms with Crippen LogP contribution in [0.2, 0.25) is 5.02 Å². The van der Waals surface area contributed by atoms with Crippen LogP contribution in [0, 0.1) is 19.3 Å². The second-order valence-corrected chi connectivity index (χ2v) is 12.7. The summed E-state index contributed by atoms with van der Waals surface area (Å²) in [4.78, 5) is 15.9. The van der Waals surface area contributed by atoms with Crippen LogP contribution >= 0.6 is 11.6 Å². The van der Waals surface area contributed by atoms with E-state index in [1.807, 2.05) is 56.3 Å². The van der Waals surface area contributed by atoms with Crippen LogP contribution in [0.25, 0.3) is 22.1 Å². The van der Waals surface area contributed by atoms with Crippen molar-refractivity contribution in [1.29, 1.82) is 0 Å². The summed E-state index contributed by atoms with van der Waals surface area (Å²) in [6.07, 6.45) is 3.68. The van der Waals surface area contributed by atoms with Crippen molar-refractivity contribution < 1.29 is 14.2 Å². The molecule has 7 nitrogen and oxygen atoms in total. The molecule has 1 aromatic heterocycles. The molecule has 2 N–H and O–H groups in total. The van der Waals surface area contributed by atoms with Crippen molar-refractivity contribution in [3.05, 3.63) is 86.0 Å². The summed E-state index contributed by atoms with van der Waals surface area (Å²) in [6.45, 7) is 12.2. The third-order valence-electron chi connectivity index (χ3n) is 8.62. The number of piperidine rings is 1. The fraction of sp³-hybridized carbons (Fsp3) is 0.333. The molecule has 0 spiro atoms. The molecule has 1 atom stereocenters. The summed E-state index contributed by atoms with van der Waals surface area (Å²) in [6, 6.07) is 15.2. The molecule has 0 bridgehead atoms. The average Bonchev–Trinajstić information content (AvgIpc) is 2.95. The highest BCUT2D eigenvalue weighted by atomic mass is 35.5. The molecule has 3 heterocycles. The monoisotopic (exact) mass is 583 g/mol. The van der Waals surface area contributed by atoms with Crippen LogP contribution in [0.1, 0.15) is 61.9 Å². The van der Waals surface area contributed by atoms with Crippen LogP contribution in [0.5, 0.6) is 0 Å². The minimum Gasteiger partial charge on any atom is -0.440 e. The molecule has 0 saturated carbocycles. The molecule has 0 amide bonds. The number of benzene rings is 3. The molecular weight excluding hydrogens is 549 g/mol. The second kappa shape index (κ2) is 10.8. The lowest BCUT2D eigenvalue weighted by atomic mass is 9.75. The van der Waals surface area contributed by atoms with Gasteiger partial charge < -0.3 is 24.4 Å². The van der Waals surface area contributed by atoms with Crippen molar-refractivity contribution >= 4 is 52.9 Å². The lowest BCUT2D eigenvalue weighted by Gasteiger charge is -2.37. The van der Waals surface area contributed by atoms with Gasteiger partial charge in [0, 0.05) is 35.4 Å². The van der Waals surface area contributed by atoms with E-state index in [2.05, 4.69) is 42.2 Å². The molecule has 42 heavy (non-hydrogen) atoms. The minimum absolute atomic E-state index is 0.0126. The summed E-state index contributed by atoms with van der Waals surface area (Å²) in [5.41, 5.74) is 7.41. The van der Waals surface area contributed by atoms with Gasteiger partial charge in [0.1, 0.15) is 5.58 Å². The zero-order valence-electron chi connectivity index (χ0n) is 24.6. The number of hydrogen-bond acceptors (Lipinski definition) is 7. The maximum Gasteiger partial charge on any atom is 0.583 e. The van der Waals surface area contributed by atoms with Crippen LogP contribution in [0.4, 0.5) is 11.6 Å². The molecule has 1 saturated heterocycles. The Hall–Kier alpha value is -3.75. The first-order chi connectivity index (χ1) is 20.0. The van der Waals surface area contributed by atoms with Gasteiger partial charge in [-0.1, -0.05) is 49.7 Å². The van der Waals surface area contributed by atoms with E-state index in [9.17, 15) is 9.82 Å². The van der Waals surface area contributed by atoms with Crippen molar-refractivity contribution in [2.45, 2.75) is 53.5 Å². The van der Waals surface area contributed by atoms with E-state index in [4.69, 9.17) is 20.8 Å². The predicted octanol–water partition coefficient (Wildman–Crippen LogP) is 6.58. The zero-order chi connectivity index (χ0) is 29.8. The summed E-state index contributed by atoms with van der Waals surface area (Å²) >= 11 is 6.78. The SMILES string of the molecule is Cc1cc(C(C)Nc2cccc(Cl)c2-c2ccc3c(c2)C=NOB3O)c2oc(N3CCC(C)(C)CC3)c(C)c(=O)c2c1. The molecule has 9 heteroatoms. The van der Waals surface area contributed by atoms with Crippen LogP contribution in [-0.2, 0) is 4.76 Å². The van der Waals surface area contributed by atoms with Crippen molar-refractivity contribution in [2.24, 2.45) is 10.6 Å². The Bertz CT molecular complexity index is 1770. The maximum atomic E-state index is 13.7. The van der Waals surface area contributed by atoms with E-state index in [1.165, 1.54) is 0 Å². The molecule has 2 aliphatic rings. The number of halogens is 1. The molecule has 4 aromatic rings. The first-order valence-corrected chi connectivity index (χ1v) is 14.8. The van der Waals surface area contributed by atoms with Crippen LogP contribution in [0.3, 0.4) is 0 Å². The largest absolute Gasteiger partial charge is 0.583 e. The number of fused-ring (bicyclic) bond motifs is 2. The maximum absolute atomic E-state index is 13.7. The third kappa shape index (κ3) is 5.18. The first kappa shape index (κ1) is 28.4. The molecule has 1 fully saturated rings. The van der Waals surface area contributed by atoms with Gasteiger partial charge in [0.15, 0.2) is 5.43 Å². The number of aryl methyl sites for hydroxylation is 1. The number of nitrogens with zero attached hydrogens (tertiary/aromatic N) is 2. The van der Waals surface area contributed by atoms with Gasteiger partial charge in [0.2, 0.25) is 5.88 Å². The first-order valence-electron chi connectivity index (χ1n) is 14.4. The molecule has 6 rings (SSSR count). The van der Waals surface area contributed by atoms with Crippen molar-refractivity contribution in [3.63, 3.8) is 0 Å². The second-order valence-electron chi connectivity index (χ2n) is 12.3. The van der Waals surface area contributed by atoms with E-state index < -0.39 is 7.12 Å². The Kier molecular flexibility index (Phi) is 7.31. The Labute approximate surface area is 251 Å². The summed E-state index contributed by atoms with van der Waals surface area (Å²) < 4.78 is 11.6. The van der Waals surface area contributed by atoms with Gasteiger partial charge in [-0.3, -0.25) is 4.79 Å². The lowest BCUT2D eigenvalue weighted by Crippen LogP contribution is -2.38. The summed E-state index contributed by atoms with van der Waals surface area (Å²) in [7, 11) is -1.10. The standard InChI is InChI=1S/C33H35BClN3O4/c1-19-15-24(31-25(16-19)30(39)20(2)32(41-31)38-13-11-33(4,5)12-14-38)21(3)37-28-8-6-7-27(35)29(28)22-9-10-26-23(17-22)18-36-42-34(26)40/h6-10,15-18,21,37,40H,11-14H2,1-5H3. The molecule has 3 aromatic carbocycles. The van der Waals surface area contributed by atoms with E-state index in [0.29, 0.717) is 32.9 Å². The Morgan fingerprint density at radius 2 is 1.88 bits per heavy atom. The zero-order valence-corrected chi connectivity index (χ0v) is 25.4. The number of nitrogens with one attached hydrogen (secondary N) is 1. The fourth-order valence-electron chi connectivity index (χ4n) is 6.01. The van der Waals surface area contributed by atoms with Gasteiger partial charge >= 0.3 is 7.12 Å². The van der Waals surface area contributed by atoms with Crippen molar-refractivity contribution in [2.75, 3.05) is 23.3 Å². The lowest BCUT2D eigenvalue weighted by molar-refractivity contribution is 0.274.